The largest absolute Gasteiger partial charge is 0.480 e. The lowest BCUT2D eigenvalue weighted by Gasteiger charge is -2.32. The highest BCUT2D eigenvalue weighted by atomic mass is 16.4. The Bertz CT molecular complexity index is 461. The SMILES string of the molecule is CC(C)c1cc(N2CCCC2(C)C(=O)O)ncn1. The van der Waals surface area contributed by atoms with Gasteiger partial charge in [-0.25, -0.2) is 14.8 Å². The van der Waals surface area contributed by atoms with E-state index in [0.29, 0.717) is 12.3 Å². The predicted molar refractivity (Wildman–Crippen MR) is 68.7 cm³/mol. The number of carboxylic acids is 1. The van der Waals surface area contributed by atoms with Crippen LogP contribution in [0.25, 0.3) is 0 Å². The van der Waals surface area contributed by atoms with Crippen molar-refractivity contribution in [2.24, 2.45) is 0 Å². The zero-order valence-electron chi connectivity index (χ0n) is 11.1. The van der Waals surface area contributed by atoms with Gasteiger partial charge >= 0.3 is 5.97 Å². The van der Waals surface area contributed by atoms with E-state index in [1.165, 1.54) is 6.33 Å². The summed E-state index contributed by atoms with van der Waals surface area (Å²) in [5.74, 6) is 0.242. The normalized spacial score (nSPS) is 23.7. The van der Waals surface area contributed by atoms with Gasteiger partial charge in [-0.3, -0.25) is 0 Å². The van der Waals surface area contributed by atoms with Gasteiger partial charge in [-0.1, -0.05) is 13.8 Å². The van der Waals surface area contributed by atoms with E-state index in [2.05, 4.69) is 23.8 Å². The quantitative estimate of drug-likeness (QED) is 0.888. The van der Waals surface area contributed by atoms with E-state index >= 15 is 0 Å². The molecule has 2 rings (SSSR count). The fourth-order valence-corrected chi connectivity index (χ4v) is 2.38. The molecular weight excluding hydrogens is 230 g/mol. The molecule has 0 bridgehead atoms. The molecule has 0 saturated carbocycles. The second-order valence-electron chi connectivity index (χ2n) is 5.29. The first-order valence-corrected chi connectivity index (χ1v) is 6.28. The Hall–Kier alpha value is -1.65. The highest BCUT2D eigenvalue weighted by Gasteiger charge is 2.44. The molecule has 1 atom stereocenters. The third kappa shape index (κ3) is 2.05. The minimum atomic E-state index is -0.845. The van der Waals surface area contributed by atoms with Crippen molar-refractivity contribution in [1.82, 2.24) is 9.97 Å². The second-order valence-corrected chi connectivity index (χ2v) is 5.29. The molecule has 1 aromatic rings. The Morgan fingerprint density at radius 1 is 1.50 bits per heavy atom. The summed E-state index contributed by atoms with van der Waals surface area (Å²) < 4.78 is 0. The molecule has 0 aromatic carbocycles. The maximum Gasteiger partial charge on any atom is 0.329 e. The average Bonchev–Trinajstić information content (AvgIpc) is 2.73. The van der Waals surface area contributed by atoms with E-state index < -0.39 is 11.5 Å². The summed E-state index contributed by atoms with van der Waals surface area (Å²) in [6, 6.07) is 1.90. The zero-order valence-corrected chi connectivity index (χ0v) is 11.1. The third-order valence-corrected chi connectivity index (χ3v) is 3.64. The van der Waals surface area contributed by atoms with Crippen molar-refractivity contribution in [2.75, 3.05) is 11.4 Å². The number of hydrogen-bond donors (Lipinski definition) is 1. The van der Waals surface area contributed by atoms with Crippen LogP contribution in [0.2, 0.25) is 0 Å². The molecule has 18 heavy (non-hydrogen) atoms. The average molecular weight is 249 g/mol. The molecule has 0 aliphatic carbocycles. The van der Waals surface area contributed by atoms with Crippen LogP contribution in [0.4, 0.5) is 5.82 Å². The van der Waals surface area contributed by atoms with Gasteiger partial charge in [0.15, 0.2) is 0 Å². The van der Waals surface area contributed by atoms with Crippen LogP contribution in [0.15, 0.2) is 12.4 Å². The van der Waals surface area contributed by atoms with Crippen LogP contribution in [0.3, 0.4) is 0 Å². The number of aromatic nitrogens is 2. The van der Waals surface area contributed by atoms with Crippen molar-refractivity contribution >= 4 is 11.8 Å². The molecule has 1 aliphatic rings. The summed E-state index contributed by atoms with van der Waals surface area (Å²) >= 11 is 0. The number of carbonyl (C=O) groups is 1. The van der Waals surface area contributed by atoms with Crippen LogP contribution in [0.1, 0.15) is 45.2 Å². The number of anilines is 1. The Balaban J connectivity index is 2.36. The molecule has 5 nitrogen and oxygen atoms in total. The van der Waals surface area contributed by atoms with Crippen LogP contribution in [0.5, 0.6) is 0 Å². The van der Waals surface area contributed by atoms with Crippen LogP contribution < -0.4 is 4.90 Å². The van der Waals surface area contributed by atoms with Crippen LogP contribution in [-0.4, -0.2) is 33.1 Å². The fraction of sp³-hybridized carbons (Fsp3) is 0.615. The Kier molecular flexibility index (Phi) is 3.24. The van der Waals surface area contributed by atoms with Gasteiger partial charge in [-0.15, -0.1) is 0 Å². The van der Waals surface area contributed by atoms with Crippen LogP contribution >= 0.6 is 0 Å². The fourth-order valence-electron chi connectivity index (χ4n) is 2.38. The van der Waals surface area contributed by atoms with Gasteiger partial charge in [-0.05, 0) is 25.7 Å². The summed E-state index contributed by atoms with van der Waals surface area (Å²) in [4.78, 5) is 21.8. The van der Waals surface area contributed by atoms with Crippen molar-refractivity contribution in [3.05, 3.63) is 18.1 Å². The van der Waals surface area contributed by atoms with Gasteiger partial charge in [0.25, 0.3) is 0 Å². The maximum absolute atomic E-state index is 11.4. The second kappa shape index (κ2) is 4.55. The van der Waals surface area contributed by atoms with Crippen molar-refractivity contribution in [1.29, 1.82) is 0 Å². The topological polar surface area (TPSA) is 66.3 Å². The highest BCUT2D eigenvalue weighted by molar-refractivity contribution is 5.83. The summed E-state index contributed by atoms with van der Waals surface area (Å²) in [6.45, 7) is 6.62. The lowest BCUT2D eigenvalue weighted by molar-refractivity contribution is -0.142. The summed E-state index contributed by atoms with van der Waals surface area (Å²) in [5.41, 5.74) is 0.0995. The number of aliphatic carboxylic acids is 1. The zero-order chi connectivity index (χ0) is 13.3. The smallest absolute Gasteiger partial charge is 0.329 e. The van der Waals surface area contributed by atoms with Gasteiger partial charge in [0.1, 0.15) is 17.7 Å². The minimum absolute atomic E-state index is 0.311. The lowest BCUT2D eigenvalue weighted by atomic mass is 9.99. The molecular formula is C13H19N3O2. The molecule has 0 radical (unpaired) electrons. The third-order valence-electron chi connectivity index (χ3n) is 3.64. The van der Waals surface area contributed by atoms with Gasteiger partial charge < -0.3 is 10.0 Å². The van der Waals surface area contributed by atoms with Gasteiger partial charge in [-0.2, -0.15) is 0 Å². The van der Waals surface area contributed by atoms with E-state index in [4.69, 9.17) is 0 Å². The molecule has 0 amide bonds. The maximum atomic E-state index is 11.4. The Morgan fingerprint density at radius 2 is 2.22 bits per heavy atom. The first kappa shape index (κ1) is 12.8. The van der Waals surface area contributed by atoms with Crippen molar-refractivity contribution in [3.8, 4) is 0 Å². The number of rotatable bonds is 3. The number of nitrogens with zero attached hydrogens (tertiary/aromatic N) is 3. The molecule has 5 heteroatoms. The number of carboxylic acid groups (broad SMARTS) is 1. The standard InChI is InChI=1S/C13H19N3O2/c1-9(2)10-7-11(15-8-14-10)16-6-4-5-13(16,3)12(17)18/h7-9H,4-6H2,1-3H3,(H,17,18). The molecule has 1 aliphatic heterocycles. The van der Waals surface area contributed by atoms with Crippen molar-refractivity contribution in [3.63, 3.8) is 0 Å². The highest BCUT2D eigenvalue weighted by Crippen LogP contribution is 2.33. The molecule has 98 valence electrons. The summed E-state index contributed by atoms with van der Waals surface area (Å²) in [7, 11) is 0. The van der Waals surface area contributed by atoms with E-state index in [-0.39, 0.29) is 0 Å². The summed E-state index contributed by atoms with van der Waals surface area (Å²) in [6.07, 6.45) is 3.05. The number of hydrogen-bond acceptors (Lipinski definition) is 4. The molecule has 0 spiro atoms. The molecule has 1 fully saturated rings. The molecule has 1 N–H and O–H groups in total. The van der Waals surface area contributed by atoms with Crippen molar-refractivity contribution < 1.29 is 9.90 Å². The Labute approximate surface area is 107 Å². The van der Waals surface area contributed by atoms with E-state index in [0.717, 1.165) is 24.5 Å². The lowest BCUT2D eigenvalue weighted by Crippen LogP contribution is -2.48. The molecule has 2 heterocycles. The van der Waals surface area contributed by atoms with Crippen molar-refractivity contribution in [2.45, 2.75) is 45.1 Å². The molecule has 1 unspecified atom stereocenters. The van der Waals surface area contributed by atoms with Crippen LogP contribution in [-0.2, 0) is 4.79 Å². The summed E-state index contributed by atoms with van der Waals surface area (Å²) in [5, 5.41) is 9.40. The molecule has 1 aromatic heterocycles. The van der Waals surface area contributed by atoms with Gasteiger partial charge in [0.2, 0.25) is 0 Å². The molecule has 1 saturated heterocycles. The first-order valence-electron chi connectivity index (χ1n) is 6.28. The van der Waals surface area contributed by atoms with Gasteiger partial charge in [0.05, 0.1) is 0 Å². The predicted octanol–water partition coefficient (Wildman–Crippen LogP) is 2.04. The minimum Gasteiger partial charge on any atom is -0.480 e. The Morgan fingerprint density at radius 3 is 2.83 bits per heavy atom. The first-order chi connectivity index (χ1) is 8.45. The van der Waals surface area contributed by atoms with Gasteiger partial charge in [0, 0.05) is 18.3 Å². The van der Waals surface area contributed by atoms with E-state index in [1.807, 2.05) is 11.0 Å². The van der Waals surface area contributed by atoms with E-state index in [1.54, 1.807) is 6.92 Å². The van der Waals surface area contributed by atoms with E-state index in [9.17, 15) is 9.90 Å². The van der Waals surface area contributed by atoms with Crippen LogP contribution in [0, 0.1) is 0 Å². The monoisotopic (exact) mass is 249 g/mol.